The molecule has 0 spiro atoms. The van der Waals surface area contributed by atoms with Gasteiger partial charge in [-0.05, 0) is 79.2 Å². The van der Waals surface area contributed by atoms with Gasteiger partial charge in [-0.15, -0.1) is 11.3 Å². The van der Waals surface area contributed by atoms with Crippen LogP contribution in [0.5, 0.6) is 0 Å². The second kappa shape index (κ2) is 11.3. The van der Waals surface area contributed by atoms with E-state index in [-0.39, 0.29) is 30.3 Å². The molecule has 2 aromatic carbocycles. The predicted molar refractivity (Wildman–Crippen MR) is 144 cm³/mol. The summed E-state index contributed by atoms with van der Waals surface area (Å²) < 4.78 is 53.1. The van der Waals surface area contributed by atoms with Crippen LogP contribution < -0.4 is 5.73 Å². The van der Waals surface area contributed by atoms with E-state index in [2.05, 4.69) is 9.98 Å². The van der Waals surface area contributed by atoms with E-state index in [9.17, 15) is 27.6 Å². The van der Waals surface area contributed by atoms with E-state index in [0.29, 0.717) is 34.8 Å². The number of hydrazine groups is 1. The van der Waals surface area contributed by atoms with Crippen molar-refractivity contribution in [2.75, 3.05) is 13.1 Å². The number of Topliss-reactive ketones (excluding diaryl/α,β-unsaturated/α-hetero) is 1. The lowest BCUT2D eigenvalue weighted by Gasteiger charge is -2.47. The van der Waals surface area contributed by atoms with Crippen molar-refractivity contribution >= 4 is 40.5 Å². The lowest BCUT2D eigenvalue weighted by molar-refractivity contribution is -0.171. The van der Waals surface area contributed by atoms with Gasteiger partial charge in [0.2, 0.25) is 0 Å². The number of alkyl halides is 3. The summed E-state index contributed by atoms with van der Waals surface area (Å²) in [5, 5.41) is 14.2. The van der Waals surface area contributed by atoms with E-state index in [1.807, 2.05) is 6.08 Å². The summed E-state index contributed by atoms with van der Waals surface area (Å²) in [6.07, 6.45) is -0.688. The highest BCUT2D eigenvalue weighted by atomic mass is 32.2. The van der Waals surface area contributed by atoms with Crippen LogP contribution in [-0.4, -0.2) is 44.4 Å². The summed E-state index contributed by atoms with van der Waals surface area (Å²) in [4.78, 5) is 23.2. The van der Waals surface area contributed by atoms with Gasteiger partial charge < -0.3 is 5.73 Å². The topological polar surface area (TPSA) is 95.1 Å². The van der Waals surface area contributed by atoms with E-state index >= 15 is 0 Å². The van der Waals surface area contributed by atoms with Crippen LogP contribution in [0.4, 0.5) is 23.2 Å². The smallest absolute Gasteiger partial charge is 0.404 e. The third kappa shape index (κ3) is 5.74. The lowest BCUT2D eigenvalue weighted by Crippen LogP contribution is -2.54. The van der Waals surface area contributed by atoms with Crippen molar-refractivity contribution in [3.8, 4) is 0 Å². The number of hydrogen-bond acceptors (Lipinski definition) is 9. The number of aromatic nitrogens is 1. The van der Waals surface area contributed by atoms with Gasteiger partial charge in [0.15, 0.2) is 5.78 Å². The minimum absolute atomic E-state index is 0.0699. The zero-order valence-corrected chi connectivity index (χ0v) is 22.4. The van der Waals surface area contributed by atoms with Gasteiger partial charge in [-0.3, -0.25) is 10.0 Å². The Hall–Kier alpha value is -3.36. The van der Waals surface area contributed by atoms with Crippen LogP contribution in [0, 0.1) is 11.2 Å². The number of carbonyl (C=O) groups excluding carboxylic acids is 1. The van der Waals surface area contributed by atoms with Gasteiger partial charge in [0, 0.05) is 35.3 Å². The molecule has 0 amide bonds. The summed E-state index contributed by atoms with van der Waals surface area (Å²) in [6.45, 7) is 0.397. The molecule has 2 aliphatic rings. The highest BCUT2D eigenvalue weighted by Crippen LogP contribution is 2.47. The molecule has 0 radical (unpaired) electrons. The summed E-state index contributed by atoms with van der Waals surface area (Å²) in [6, 6.07) is 10.1. The first-order valence-electron chi connectivity index (χ1n) is 12.1. The first-order valence-corrected chi connectivity index (χ1v) is 13.8. The molecule has 3 aromatic rings. The number of halogens is 4. The van der Waals surface area contributed by atoms with E-state index < -0.39 is 17.2 Å². The minimum atomic E-state index is -4.46. The Kier molecular flexibility index (Phi) is 7.93. The van der Waals surface area contributed by atoms with Gasteiger partial charge in [-0.1, -0.05) is 10.2 Å². The fourth-order valence-electron chi connectivity index (χ4n) is 4.81. The SMILES string of the molecule is NC=C1CC2(C(=O)c3cscn3)CN(N(O)Sc3ccc(C(F)(F)F)cc3)CCC2=CC1=Nc1ccc(F)cc1. The Labute approximate surface area is 235 Å². The maximum absolute atomic E-state index is 14.0. The Balaban J connectivity index is 1.46. The number of thiazole rings is 1. The van der Waals surface area contributed by atoms with Crippen LogP contribution in [0.1, 0.15) is 28.9 Å². The highest BCUT2D eigenvalue weighted by molar-refractivity contribution is 7.96. The predicted octanol–water partition coefficient (Wildman–Crippen LogP) is 6.43. The van der Waals surface area contributed by atoms with Gasteiger partial charge in [-0.2, -0.15) is 13.2 Å². The number of piperidine rings is 1. The number of nitrogens with zero attached hydrogens (tertiary/aromatic N) is 4. The molecular formula is C27H23F4N5O2S2. The van der Waals surface area contributed by atoms with E-state index in [4.69, 9.17) is 5.73 Å². The molecule has 2 heterocycles. The normalized spacial score (nSPS) is 22.0. The largest absolute Gasteiger partial charge is 0.416 e. The molecule has 40 heavy (non-hydrogen) atoms. The van der Waals surface area contributed by atoms with Crippen LogP contribution in [0.15, 0.2) is 92.7 Å². The molecule has 0 saturated carbocycles. The summed E-state index contributed by atoms with van der Waals surface area (Å²) >= 11 is 2.12. The van der Waals surface area contributed by atoms with Crippen molar-refractivity contribution in [3.63, 3.8) is 0 Å². The molecule has 1 atom stereocenters. The molecule has 208 valence electrons. The monoisotopic (exact) mass is 589 g/mol. The average Bonchev–Trinajstić information content (AvgIpc) is 3.48. The second-order valence-corrected chi connectivity index (χ2v) is 11.0. The number of fused-ring (bicyclic) bond motifs is 1. The molecule has 1 saturated heterocycles. The molecule has 1 aromatic heterocycles. The number of hydrogen-bond donors (Lipinski definition) is 2. The number of carbonyl (C=O) groups is 1. The molecule has 1 fully saturated rings. The second-order valence-electron chi connectivity index (χ2n) is 9.30. The highest BCUT2D eigenvalue weighted by Gasteiger charge is 2.50. The fourth-order valence-corrected chi connectivity index (χ4v) is 6.04. The van der Waals surface area contributed by atoms with Gasteiger partial charge in [0.25, 0.3) is 0 Å². The maximum atomic E-state index is 14.0. The number of rotatable bonds is 6. The lowest BCUT2D eigenvalue weighted by atomic mass is 9.64. The van der Waals surface area contributed by atoms with Crippen molar-refractivity contribution in [3.05, 3.63) is 99.9 Å². The minimum Gasteiger partial charge on any atom is -0.404 e. The molecular weight excluding hydrogens is 566 g/mol. The summed E-state index contributed by atoms with van der Waals surface area (Å²) in [5.74, 6) is -0.624. The number of allylic oxidation sites excluding steroid dienone is 2. The number of nitrogens with two attached hydrogens (primary N) is 1. The van der Waals surface area contributed by atoms with Gasteiger partial charge >= 0.3 is 6.18 Å². The first kappa shape index (κ1) is 28.2. The maximum Gasteiger partial charge on any atom is 0.416 e. The van der Waals surface area contributed by atoms with Crippen LogP contribution >= 0.6 is 23.3 Å². The Bertz CT molecular complexity index is 1470. The molecule has 7 nitrogen and oxygen atoms in total. The third-order valence-electron chi connectivity index (χ3n) is 6.83. The number of ketones is 1. The third-order valence-corrected chi connectivity index (χ3v) is 8.29. The molecule has 5 rings (SSSR count). The summed E-state index contributed by atoms with van der Waals surface area (Å²) in [5.41, 5.74) is 8.40. The van der Waals surface area contributed by atoms with Crippen molar-refractivity contribution < 1.29 is 27.6 Å². The van der Waals surface area contributed by atoms with Crippen LogP contribution in [0.2, 0.25) is 0 Å². The van der Waals surface area contributed by atoms with Crippen LogP contribution in [-0.2, 0) is 6.18 Å². The van der Waals surface area contributed by atoms with Crippen molar-refractivity contribution in [2.24, 2.45) is 16.1 Å². The van der Waals surface area contributed by atoms with Crippen molar-refractivity contribution in [1.29, 1.82) is 0 Å². The molecule has 1 aliphatic carbocycles. The Morgan fingerprint density at radius 3 is 2.55 bits per heavy atom. The quantitative estimate of drug-likeness (QED) is 0.148. The van der Waals surface area contributed by atoms with Gasteiger partial charge in [0.05, 0.1) is 27.9 Å². The van der Waals surface area contributed by atoms with Gasteiger partial charge in [-0.25, -0.2) is 19.4 Å². The zero-order chi connectivity index (χ0) is 28.5. The van der Waals surface area contributed by atoms with Crippen molar-refractivity contribution in [1.82, 2.24) is 14.6 Å². The first-order chi connectivity index (χ1) is 19.1. The van der Waals surface area contributed by atoms with E-state index in [1.54, 1.807) is 28.0 Å². The van der Waals surface area contributed by atoms with Crippen LogP contribution in [0.3, 0.4) is 0 Å². The van der Waals surface area contributed by atoms with Crippen molar-refractivity contribution in [2.45, 2.75) is 23.9 Å². The molecule has 3 N–H and O–H groups in total. The fraction of sp³-hybridized carbons (Fsp3) is 0.222. The van der Waals surface area contributed by atoms with Gasteiger partial charge in [0.1, 0.15) is 11.5 Å². The van der Waals surface area contributed by atoms with E-state index in [1.165, 1.54) is 41.8 Å². The molecule has 1 unspecified atom stereocenters. The number of benzene rings is 2. The molecule has 13 heteroatoms. The summed E-state index contributed by atoms with van der Waals surface area (Å²) in [7, 11) is 0. The standard InChI is InChI=1S/C27H23F4N5O2S2/c28-20-3-5-21(6-4-20)34-23-11-19-9-10-35(36(38)40-22-7-1-18(2-8-22)27(29,30)31)15-26(19,12-17(23)13-32)25(37)24-14-39-16-33-24/h1-8,11,13-14,16,38H,9-10,12,15,32H2. The Morgan fingerprint density at radius 1 is 1.20 bits per heavy atom. The zero-order valence-electron chi connectivity index (χ0n) is 20.8. The Morgan fingerprint density at radius 2 is 1.93 bits per heavy atom. The van der Waals surface area contributed by atoms with Crippen LogP contribution in [0.25, 0.3) is 0 Å². The number of aliphatic imine (C=N–C) groups is 1. The molecule has 0 bridgehead atoms. The molecule has 1 aliphatic heterocycles. The van der Waals surface area contributed by atoms with E-state index in [0.717, 1.165) is 34.2 Å². The average molecular weight is 590 g/mol.